The average molecular weight is 139 g/mol. The first-order chi connectivity index (χ1) is 4.70. The van der Waals surface area contributed by atoms with Crippen LogP contribution >= 0.6 is 0 Å². The summed E-state index contributed by atoms with van der Waals surface area (Å²) in [6.07, 6.45) is 3.46. The lowest BCUT2D eigenvalue weighted by molar-refractivity contribution is 0.288. The molecule has 0 amide bonds. The van der Waals surface area contributed by atoms with Crippen molar-refractivity contribution in [2.75, 3.05) is 7.11 Å². The molecular weight excluding hydrogens is 126 g/mol. The number of rotatable bonds is 3. The monoisotopic (exact) mass is 139 g/mol. The lowest BCUT2D eigenvalue weighted by Gasteiger charge is -1.97. The number of nitrogens with zero attached hydrogens (tertiary/aromatic N) is 1. The van der Waals surface area contributed by atoms with Crippen LogP contribution in [-0.2, 0) is 4.74 Å². The molecule has 0 heterocycles. The van der Waals surface area contributed by atoms with Crippen molar-refractivity contribution < 1.29 is 4.74 Å². The standard InChI is InChI=1S/C8H13NO/c1-5-9-8(10-4)6-7(2)3/h5-6H,2H2,1,3-4H3/b8-6+,9-5+. The van der Waals surface area contributed by atoms with Crippen LogP contribution in [0, 0.1) is 0 Å². The predicted octanol–water partition coefficient (Wildman–Crippen LogP) is 2.14. The summed E-state index contributed by atoms with van der Waals surface area (Å²) < 4.78 is 4.90. The summed E-state index contributed by atoms with van der Waals surface area (Å²) in [5, 5.41) is 0. The Balaban J connectivity index is 4.18. The van der Waals surface area contributed by atoms with E-state index in [9.17, 15) is 0 Å². The molecule has 0 radical (unpaired) electrons. The quantitative estimate of drug-likeness (QED) is 0.333. The zero-order chi connectivity index (χ0) is 7.98. The molecule has 0 saturated heterocycles. The molecule has 0 aliphatic heterocycles. The normalized spacial score (nSPS) is 12.1. The molecule has 0 aliphatic carbocycles. The van der Waals surface area contributed by atoms with Crippen molar-refractivity contribution in [1.29, 1.82) is 0 Å². The van der Waals surface area contributed by atoms with Crippen molar-refractivity contribution in [3.05, 3.63) is 24.1 Å². The zero-order valence-corrected chi connectivity index (χ0v) is 6.72. The highest BCUT2D eigenvalue weighted by Gasteiger charge is 1.87. The second-order valence-electron chi connectivity index (χ2n) is 1.92. The van der Waals surface area contributed by atoms with Gasteiger partial charge in [0, 0.05) is 12.3 Å². The Bertz CT molecular complexity index is 168. The number of aliphatic imine (C=N–C) groups is 1. The van der Waals surface area contributed by atoms with E-state index >= 15 is 0 Å². The maximum Gasteiger partial charge on any atom is 0.212 e. The van der Waals surface area contributed by atoms with Crippen molar-refractivity contribution in [1.82, 2.24) is 0 Å². The molecule has 0 bridgehead atoms. The Morgan fingerprint density at radius 3 is 2.50 bits per heavy atom. The van der Waals surface area contributed by atoms with E-state index < -0.39 is 0 Å². The number of hydrogen-bond donors (Lipinski definition) is 0. The van der Waals surface area contributed by atoms with Gasteiger partial charge in [-0.2, -0.15) is 0 Å². The van der Waals surface area contributed by atoms with Crippen LogP contribution in [0.5, 0.6) is 0 Å². The van der Waals surface area contributed by atoms with E-state index in [0.29, 0.717) is 5.88 Å². The summed E-state index contributed by atoms with van der Waals surface area (Å²) >= 11 is 0. The van der Waals surface area contributed by atoms with Crippen LogP contribution in [0.15, 0.2) is 29.1 Å². The summed E-state index contributed by atoms with van der Waals surface area (Å²) in [5.74, 6) is 0.593. The maximum absolute atomic E-state index is 4.90. The number of methoxy groups -OCH3 is 1. The minimum atomic E-state index is 0.593. The Morgan fingerprint density at radius 2 is 2.20 bits per heavy atom. The molecule has 0 N–H and O–H groups in total. The van der Waals surface area contributed by atoms with E-state index in [2.05, 4.69) is 11.6 Å². The van der Waals surface area contributed by atoms with Crippen LogP contribution in [0.3, 0.4) is 0 Å². The molecular formula is C8H13NO. The first kappa shape index (κ1) is 8.95. The Hall–Kier alpha value is -1.05. The van der Waals surface area contributed by atoms with Crippen LogP contribution in [0.2, 0.25) is 0 Å². The van der Waals surface area contributed by atoms with Gasteiger partial charge in [-0.1, -0.05) is 12.2 Å². The number of ether oxygens (including phenoxy) is 1. The SMILES string of the molecule is C=C(C)/C=C(\N=C\C)OC. The molecule has 0 aromatic rings. The fourth-order valence-electron chi connectivity index (χ4n) is 0.487. The largest absolute Gasteiger partial charge is 0.481 e. The smallest absolute Gasteiger partial charge is 0.212 e. The minimum absolute atomic E-state index is 0.593. The molecule has 2 heteroatoms. The predicted molar refractivity (Wildman–Crippen MR) is 44.1 cm³/mol. The van der Waals surface area contributed by atoms with E-state index in [-0.39, 0.29) is 0 Å². The minimum Gasteiger partial charge on any atom is -0.481 e. The number of allylic oxidation sites excluding steroid dienone is 2. The van der Waals surface area contributed by atoms with Gasteiger partial charge in [-0.15, -0.1) is 0 Å². The molecule has 0 unspecified atom stereocenters. The van der Waals surface area contributed by atoms with E-state index in [1.54, 1.807) is 19.4 Å². The van der Waals surface area contributed by atoms with Gasteiger partial charge in [0.25, 0.3) is 0 Å². The second-order valence-corrected chi connectivity index (χ2v) is 1.92. The summed E-state index contributed by atoms with van der Waals surface area (Å²) in [6, 6.07) is 0. The lowest BCUT2D eigenvalue weighted by Crippen LogP contribution is -1.82. The fraction of sp³-hybridized carbons (Fsp3) is 0.375. The van der Waals surface area contributed by atoms with Gasteiger partial charge in [0.15, 0.2) is 0 Å². The third-order valence-electron chi connectivity index (χ3n) is 0.835. The molecule has 0 fully saturated rings. The van der Waals surface area contributed by atoms with Crippen molar-refractivity contribution in [2.24, 2.45) is 4.99 Å². The van der Waals surface area contributed by atoms with Gasteiger partial charge < -0.3 is 4.74 Å². The molecule has 56 valence electrons. The third-order valence-corrected chi connectivity index (χ3v) is 0.835. The van der Waals surface area contributed by atoms with Gasteiger partial charge in [0.1, 0.15) is 0 Å². The molecule has 0 aromatic heterocycles. The van der Waals surface area contributed by atoms with Crippen molar-refractivity contribution in [3.63, 3.8) is 0 Å². The first-order valence-electron chi connectivity index (χ1n) is 3.10. The Kier molecular flexibility index (Phi) is 4.29. The van der Waals surface area contributed by atoms with Crippen LogP contribution in [0.4, 0.5) is 0 Å². The summed E-state index contributed by atoms with van der Waals surface area (Å²) in [4.78, 5) is 3.94. The van der Waals surface area contributed by atoms with Crippen molar-refractivity contribution in [2.45, 2.75) is 13.8 Å². The molecule has 0 spiro atoms. The Labute approximate surface area is 61.9 Å². The second kappa shape index (κ2) is 4.79. The molecule has 0 rings (SSSR count). The van der Waals surface area contributed by atoms with Crippen LogP contribution < -0.4 is 0 Å². The molecule has 2 nitrogen and oxygen atoms in total. The van der Waals surface area contributed by atoms with Crippen LogP contribution in [-0.4, -0.2) is 13.3 Å². The number of hydrogen-bond acceptors (Lipinski definition) is 2. The molecule has 0 aliphatic rings. The Morgan fingerprint density at radius 1 is 1.60 bits per heavy atom. The van der Waals surface area contributed by atoms with Crippen LogP contribution in [0.25, 0.3) is 0 Å². The average Bonchev–Trinajstić information content (AvgIpc) is 1.86. The van der Waals surface area contributed by atoms with Gasteiger partial charge >= 0.3 is 0 Å². The van der Waals surface area contributed by atoms with Crippen LogP contribution in [0.1, 0.15) is 13.8 Å². The summed E-state index contributed by atoms with van der Waals surface area (Å²) in [6.45, 7) is 7.43. The lowest BCUT2D eigenvalue weighted by atomic mass is 10.3. The van der Waals surface area contributed by atoms with Gasteiger partial charge in [-0.25, -0.2) is 4.99 Å². The highest BCUT2D eigenvalue weighted by molar-refractivity contribution is 5.54. The van der Waals surface area contributed by atoms with E-state index in [0.717, 1.165) is 5.57 Å². The van der Waals surface area contributed by atoms with Gasteiger partial charge in [0.05, 0.1) is 7.11 Å². The van der Waals surface area contributed by atoms with E-state index in [1.165, 1.54) is 0 Å². The van der Waals surface area contributed by atoms with Crippen molar-refractivity contribution >= 4 is 6.21 Å². The zero-order valence-electron chi connectivity index (χ0n) is 6.72. The van der Waals surface area contributed by atoms with Gasteiger partial charge in [-0.3, -0.25) is 0 Å². The topological polar surface area (TPSA) is 21.6 Å². The summed E-state index contributed by atoms with van der Waals surface area (Å²) in [7, 11) is 1.59. The fourth-order valence-corrected chi connectivity index (χ4v) is 0.487. The van der Waals surface area contributed by atoms with Gasteiger partial charge in [0.2, 0.25) is 5.88 Å². The molecule has 10 heavy (non-hydrogen) atoms. The molecule has 0 aromatic carbocycles. The highest BCUT2D eigenvalue weighted by atomic mass is 16.5. The third kappa shape index (κ3) is 3.89. The first-order valence-corrected chi connectivity index (χ1v) is 3.10. The van der Waals surface area contributed by atoms with Crippen molar-refractivity contribution in [3.8, 4) is 0 Å². The molecule has 0 atom stereocenters. The van der Waals surface area contributed by atoms with Gasteiger partial charge in [-0.05, 0) is 13.8 Å². The summed E-state index contributed by atoms with van der Waals surface area (Å²) in [5.41, 5.74) is 0.933. The molecule has 0 saturated carbocycles. The van der Waals surface area contributed by atoms with E-state index in [4.69, 9.17) is 4.74 Å². The van der Waals surface area contributed by atoms with E-state index in [1.807, 2.05) is 13.8 Å². The maximum atomic E-state index is 4.90. The highest BCUT2D eigenvalue weighted by Crippen LogP contribution is 2.00.